The number of piperidine rings is 1. The lowest BCUT2D eigenvalue weighted by molar-refractivity contribution is -0.00585. The van der Waals surface area contributed by atoms with Crippen molar-refractivity contribution < 1.29 is 5.11 Å². The molecule has 1 N–H and O–H groups in total. The van der Waals surface area contributed by atoms with Gasteiger partial charge < -0.3 is 10.0 Å². The molecule has 1 saturated heterocycles. The van der Waals surface area contributed by atoms with Crippen LogP contribution in [0.15, 0.2) is 0 Å². The Morgan fingerprint density at radius 1 is 1.38 bits per heavy atom. The Kier molecular flexibility index (Phi) is 4.35. The van der Waals surface area contributed by atoms with Crippen LogP contribution >= 0.6 is 0 Å². The van der Waals surface area contributed by atoms with Gasteiger partial charge in [-0.3, -0.25) is 0 Å². The summed E-state index contributed by atoms with van der Waals surface area (Å²) in [6.07, 6.45) is 3.77. The highest BCUT2D eigenvalue weighted by molar-refractivity contribution is 4.91. The van der Waals surface area contributed by atoms with E-state index >= 15 is 0 Å². The van der Waals surface area contributed by atoms with Gasteiger partial charge in [0, 0.05) is 13.1 Å². The third-order valence-electron chi connectivity index (χ3n) is 3.51. The van der Waals surface area contributed by atoms with Crippen LogP contribution in [0.3, 0.4) is 0 Å². The van der Waals surface area contributed by atoms with Crippen LogP contribution in [0.25, 0.3) is 0 Å². The van der Waals surface area contributed by atoms with Crippen LogP contribution in [0.1, 0.15) is 46.5 Å². The highest BCUT2D eigenvalue weighted by Gasteiger charge is 2.27. The van der Waals surface area contributed by atoms with Crippen molar-refractivity contribution >= 4 is 0 Å². The molecule has 1 heterocycles. The monoisotopic (exact) mass is 224 g/mol. The van der Waals surface area contributed by atoms with Crippen LogP contribution in [0.4, 0.5) is 0 Å². The van der Waals surface area contributed by atoms with Gasteiger partial charge in [0.2, 0.25) is 0 Å². The quantitative estimate of drug-likeness (QED) is 0.796. The Labute approximate surface area is 99.1 Å². The molecule has 92 valence electrons. The summed E-state index contributed by atoms with van der Waals surface area (Å²) in [7, 11) is 0. The lowest BCUT2D eigenvalue weighted by Gasteiger charge is -2.36. The first-order valence-electron chi connectivity index (χ1n) is 6.21. The van der Waals surface area contributed by atoms with Crippen molar-refractivity contribution in [2.24, 2.45) is 5.41 Å². The second-order valence-corrected chi connectivity index (χ2v) is 5.94. The molecule has 3 nitrogen and oxygen atoms in total. The number of rotatable bonds is 4. The Morgan fingerprint density at radius 2 is 1.94 bits per heavy atom. The van der Waals surface area contributed by atoms with Crippen molar-refractivity contribution in [3.63, 3.8) is 0 Å². The molecule has 16 heavy (non-hydrogen) atoms. The molecule has 0 aromatic heterocycles. The smallest absolute Gasteiger partial charge is 0.0683 e. The molecule has 0 amide bonds. The van der Waals surface area contributed by atoms with E-state index in [4.69, 9.17) is 5.26 Å². The standard InChI is InChI=1S/C13H24N2O/c1-12(2,11-14)5-4-8-15-9-6-13(3,16)7-10-15/h16H,4-10H2,1-3H3. The molecule has 0 spiro atoms. The molecule has 1 fully saturated rings. The third-order valence-corrected chi connectivity index (χ3v) is 3.51. The molecule has 0 aliphatic carbocycles. The summed E-state index contributed by atoms with van der Waals surface area (Å²) in [6, 6.07) is 2.33. The lowest BCUT2D eigenvalue weighted by Crippen LogP contribution is -2.42. The second kappa shape index (κ2) is 5.16. The van der Waals surface area contributed by atoms with Gasteiger partial charge in [-0.1, -0.05) is 0 Å². The van der Waals surface area contributed by atoms with Crippen molar-refractivity contribution in [3.05, 3.63) is 0 Å². The van der Waals surface area contributed by atoms with Gasteiger partial charge >= 0.3 is 0 Å². The maximum absolute atomic E-state index is 9.82. The number of nitriles is 1. The predicted molar refractivity (Wildman–Crippen MR) is 64.9 cm³/mol. The molecule has 0 aromatic rings. The minimum atomic E-state index is -0.456. The van der Waals surface area contributed by atoms with Crippen LogP contribution in [0.2, 0.25) is 0 Å². The average Bonchev–Trinajstić information content (AvgIpc) is 2.20. The SMILES string of the molecule is CC(C)(C#N)CCCN1CCC(C)(O)CC1. The van der Waals surface area contributed by atoms with Gasteiger partial charge in [-0.2, -0.15) is 5.26 Å². The third kappa shape index (κ3) is 4.51. The largest absolute Gasteiger partial charge is 0.390 e. The zero-order valence-corrected chi connectivity index (χ0v) is 10.8. The molecular weight excluding hydrogens is 200 g/mol. The first kappa shape index (κ1) is 13.5. The first-order valence-corrected chi connectivity index (χ1v) is 6.21. The normalized spacial score (nSPS) is 21.7. The maximum Gasteiger partial charge on any atom is 0.0683 e. The molecule has 1 aliphatic heterocycles. The maximum atomic E-state index is 9.82. The summed E-state index contributed by atoms with van der Waals surface area (Å²) in [5, 5.41) is 18.7. The van der Waals surface area contributed by atoms with Gasteiger partial charge in [-0.15, -0.1) is 0 Å². The molecule has 0 unspecified atom stereocenters. The molecule has 0 aromatic carbocycles. The van der Waals surface area contributed by atoms with E-state index in [0.717, 1.165) is 45.3 Å². The fourth-order valence-electron chi connectivity index (χ4n) is 2.06. The molecular formula is C13H24N2O. The first-order chi connectivity index (χ1) is 7.35. The van der Waals surface area contributed by atoms with Gasteiger partial charge in [-0.05, 0) is 53.0 Å². The van der Waals surface area contributed by atoms with Crippen molar-refractivity contribution in [1.29, 1.82) is 5.26 Å². The number of aliphatic hydroxyl groups is 1. The number of hydrogen-bond donors (Lipinski definition) is 1. The van der Waals surface area contributed by atoms with E-state index in [9.17, 15) is 5.11 Å². The van der Waals surface area contributed by atoms with E-state index in [2.05, 4.69) is 11.0 Å². The highest BCUT2D eigenvalue weighted by Crippen LogP contribution is 2.24. The number of nitrogens with zero attached hydrogens (tertiary/aromatic N) is 2. The summed E-state index contributed by atoms with van der Waals surface area (Å²) in [6.45, 7) is 8.94. The van der Waals surface area contributed by atoms with Gasteiger partial charge in [-0.25, -0.2) is 0 Å². The van der Waals surface area contributed by atoms with Gasteiger partial charge in [0.15, 0.2) is 0 Å². The molecule has 1 aliphatic rings. The van der Waals surface area contributed by atoms with Crippen LogP contribution < -0.4 is 0 Å². The van der Waals surface area contributed by atoms with Crippen LogP contribution in [0.5, 0.6) is 0 Å². The molecule has 3 heteroatoms. The van der Waals surface area contributed by atoms with Gasteiger partial charge in [0.1, 0.15) is 0 Å². The van der Waals surface area contributed by atoms with E-state index in [1.54, 1.807) is 0 Å². The van der Waals surface area contributed by atoms with Crippen molar-refractivity contribution in [3.8, 4) is 6.07 Å². The lowest BCUT2D eigenvalue weighted by atomic mass is 9.89. The molecule has 0 bridgehead atoms. The zero-order valence-electron chi connectivity index (χ0n) is 10.8. The number of likely N-dealkylation sites (tertiary alicyclic amines) is 1. The van der Waals surface area contributed by atoms with Crippen LogP contribution in [-0.2, 0) is 0 Å². The van der Waals surface area contributed by atoms with Crippen molar-refractivity contribution in [2.45, 2.75) is 52.1 Å². The Bertz CT molecular complexity index is 256. The summed E-state index contributed by atoms with van der Waals surface area (Å²) in [5.74, 6) is 0. The van der Waals surface area contributed by atoms with E-state index in [-0.39, 0.29) is 5.41 Å². The van der Waals surface area contributed by atoms with Crippen LogP contribution in [-0.4, -0.2) is 35.2 Å². The average molecular weight is 224 g/mol. The van der Waals surface area contributed by atoms with E-state index in [0.29, 0.717) is 0 Å². The Morgan fingerprint density at radius 3 is 2.44 bits per heavy atom. The minimum absolute atomic E-state index is 0.193. The van der Waals surface area contributed by atoms with Crippen molar-refractivity contribution in [2.75, 3.05) is 19.6 Å². The van der Waals surface area contributed by atoms with Gasteiger partial charge in [0.25, 0.3) is 0 Å². The van der Waals surface area contributed by atoms with E-state index < -0.39 is 5.60 Å². The topological polar surface area (TPSA) is 47.3 Å². The molecule has 0 radical (unpaired) electrons. The minimum Gasteiger partial charge on any atom is -0.390 e. The summed E-state index contributed by atoms with van der Waals surface area (Å²) < 4.78 is 0. The number of hydrogen-bond acceptors (Lipinski definition) is 3. The molecule has 1 rings (SSSR count). The van der Waals surface area contributed by atoms with Gasteiger partial charge in [0.05, 0.1) is 17.1 Å². The summed E-state index contributed by atoms with van der Waals surface area (Å²) in [5.41, 5.74) is -0.649. The van der Waals surface area contributed by atoms with E-state index in [1.807, 2.05) is 20.8 Å². The fraction of sp³-hybridized carbons (Fsp3) is 0.923. The second-order valence-electron chi connectivity index (χ2n) is 5.94. The highest BCUT2D eigenvalue weighted by atomic mass is 16.3. The Balaban J connectivity index is 2.19. The molecule has 0 atom stereocenters. The zero-order chi connectivity index (χ0) is 12.2. The van der Waals surface area contributed by atoms with E-state index in [1.165, 1.54) is 0 Å². The Hall–Kier alpha value is -0.590. The predicted octanol–water partition coefficient (Wildman–Crippen LogP) is 2.16. The summed E-state index contributed by atoms with van der Waals surface area (Å²) >= 11 is 0. The molecule has 0 saturated carbocycles. The fourth-order valence-corrected chi connectivity index (χ4v) is 2.06. The summed E-state index contributed by atoms with van der Waals surface area (Å²) in [4.78, 5) is 2.39. The van der Waals surface area contributed by atoms with Crippen LogP contribution in [0, 0.1) is 16.7 Å². The van der Waals surface area contributed by atoms with Crippen molar-refractivity contribution in [1.82, 2.24) is 4.90 Å².